The van der Waals surface area contributed by atoms with Crippen LogP contribution in [0.3, 0.4) is 0 Å². The second kappa shape index (κ2) is 14.6. The van der Waals surface area contributed by atoms with Gasteiger partial charge in [-0.3, -0.25) is 0 Å². The van der Waals surface area contributed by atoms with Crippen molar-refractivity contribution in [3.8, 4) is 22.1 Å². The number of aromatic amines is 1. The van der Waals surface area contributed by atoms with Crippen LogP contribution < -0.4 is 76.0 Å². The first kappa shape index (κ1) is 31.4. The molecular weight excluding hydrogens is 413 g/mol. The molecule has 0 radical (unpaired) electrons. The number of aryl methyl sites for hydroxylation is 1. The molecule has 2 aromatic heterocycles. The molecule has 1 N–H and O–H groups in total. The number of hydrogen-bond donors (Lipinski definition) is 0. The SMILES string of the molecule is COc1ccccc1-c1sc2ccccc2[n+]1C.[CH3-].[H-].[Li+].[Li+].[Li+].[O-]c1cccc2ccc[nH+]c12. The molecule has 0 amide bonds. The summed E-state index contributed by atoms with van der Waals surface area (Å²) < 4.78 is 8.96. The Morgan fingerprint density at radius 2 is 1.55 bits per heavy atom. The van der Waals surface area contributed by atoms with Crippen molar-refractivity contribution in [2.24, 2.45) is 7.05 Å². The molecule has 5 rings (SSSR count). The average molecular weight is 438 g/mol. The zero-order valence-electron chi connectivity index (χ0n) is 21.3. The van der Waals surface area contributed by atoms with E-state index in [0.717, 1.165) is 16.7 Å². The van der Waals surface area contributed by atoms with Gasteiger partial charge in [-0.25, -0.2) is 4.98 Å². The van der Waals surface area contributed by atoms with Crippen molar-refractivity contribution in [3.05, 3.63) is 92.5 Å². The van der Waals surface area contributed by atoms with E-state index in [0.29, 0.717) is 5.52 Å². The van der Waals surface area contributed by atoms with Gasteiger partial charge in [0, 0.05) is 17.5 Å². The van der Waals surface area contributed by atoms with Gasteiger partial charge in [0.25, 0.3) is 5.01 Å². The van der Waals surface area contributed by atoms with Crippen LogP contribution in [0, 0.1) is 7.43 Å². The number of nitrogens with zero attached hydrogens (tertiary/aromatic N) is 1. The van der Waals surface area contributed by atoms with Gasteiger partial charge in [-0.05, 0) is 36.1 Å². The van der Waals surface area contributed by atoms with Crippen LogP contribution >= 0.6 is 11.3 Å². The number of ether oxygens (including phenoxy) is 1. The summed E-state index contributed by atoms with van der Waals surface area (Å²) in [6.45, 7) is 0. The second-order valence-corrected chi connectivity index (χ2v) is 7.56. The minimum Gasteiger partial charge on any atom is -1.00 e. The molecule has 0 fully saturated rings. The van der Waals surface area contributed by atoms with E-state index in [2.05, 4.69) is 46.9 Å². The van der Waals surface area contributed by atoms with Gasteiger partial charge in [-0.1, -0.05) is 47.7 Å². The Balaban J connectivity index is 0. The second-order valence-electron chi connectivity index (χ2n) is 6.52. The van der Waals surface area contributed by atoms with Gasteiger partial charge >= 0.3 is 56.6 Å². The molecule has 0 unspecified atom stereocenters. The quantitative estimate of drug-likeness (QED) is 0.159. The van der Waals surface area contributed by atoms with Crippen LogP contribution in [0.4, 0.5) is 0 Å². The standard InChI is InChI=1S/C15H14NOS.C9H7NO.CH3.3Li.H/c1-16-12-8-4-6-10-14(12)18-15(16)11-7-3-5-9-13(11)17-2;11-8-5-1-3-7-4-2-6-10-9(7)8;;;;;/h3-10H,1-2H3;1-6,11H;1H3;;;;/q+1;;-1;3*+1;-1. The Morgan fingerprint density at radius 3 is 2.24 bits per heavy atom. The Kier molecular flexibility index (Phi) is 13.9. The van der Waals surface area contributed by atoms with Gasteiger partial charge in [0.2, 0.25) is 11.0 Å². The molecule has 154 valence electrons. The van der Waals surface area contributed by atoms with Crippen LogP contribution in [0.1, 0.15) is 1.43 Å². The average Bonchev–Trinajstić information content (AvgIpc) is 3.11. The van der Waals surface area contributed by atoms with Crippen LogP contribution in [-0.4, -0.2) is 7.11 Å². The predicted molar refractivity (Wildman–Crippen MR) is 122 cm³/mol. The van der Waals surface area contributed by atoms with E-state index < -0.39 is 0 Å². The fraction of sp³-hybridized carbons (Fsp3) is 0.0800. The van der Waals surface area contributed by atoms with Gasteiger partial charge < -0.3 is 18.7 Å². The summed E-state index contributed by atoms with van der Waals surface area (Å²) in [4.78, 5) is 2.91. The number of methoxy groups -OCH3 is 1. The fourth-order valence-electron chi connectivity index (χ4n) is 3.28. The largest absolute Gasteiger partial charge is 1.00 e. The topological polar surface area (TPSA) is 50.3 Å². The first-order valence-corrected chi connectivity index (χ1v) is 10.1. The summed E-state index contributed by atoms with van der Waals surface area (Å²) in [5.74, 6) is 0.961. The van der Waals surface area contributed by atoms with Gasteiger partial charge in [0.05, 0.1) is 12.7 Å². The summed E-state index contributed by atoms with van der Waals surface area (Å²) in [6, 6.07) is 25.6. The van der Waals surface area contributed by atoms with Crippen LogP contribution in [0.5, 0.6) is 11.5 Å². The van der Waals surface area contributed by atoms with Gasteiger partial charge in [0.15, 0.2) is 6.20 Å². The van der Waals surface area contributed by atoms with E-state index in [1.54, 1.807) is 36.8 Å². The fourth-order valence-corrected chi connectivity index (χ4v) is 4.46. The van der Waals surface area contributed by atoms with E-state index >= 15 is 0 Å². The van der Waals surface area contributed by atoms with Crippen molar-refractivity contribution in [2.45, 2.75) is 0 Å². The Hall–Kier alpha value is -1.65. The first-order chi connectivity index (χ1) is 14.2. The number of para-hydroxylation sites is 3. The third-order valence-electron chi connectivity index (χ3n) is 4.73. The molecular formula is C25H25Li3N2O2S+2. The summed E-state index contributed by atoms with van der Waals surface area (Å²) in [7, 11) is 3.81. The molecule has 0 aliphatic heterocycles. The van der Waals surface area contributed by atoms with E-state index in [-0.39, 0.29) is 71.2 Å². The molecule has 8 heteroatoms. The number of fused-ring (bicyclic) bond motifs is 2. The number of hydrogen-bond acceptors (Lipinski definition) is 3. The number of H-pyrrole nitrogens is 1. The maximum atomic E-state index is 11.1. The molecule has 0 atom stereocenters. The molecule has 5 aromatic rings. The minimum absolute atomic E-state index is 0. The minimum atomic E-state index is 0. The molecule has 2 heterocycles. The summed E-state index contributed by atoms with van der Waals surface area (Å²) in [5.41, 5.74) is 3.07. The predicted octanol–water partition coefficient (Wildman–Crippen LogP) is -4.30. The van der Waals surface area contributed by atoms with Crippen molar-refractivity contribution in [1.29, 1.82) is 0 Å². The molecule has 0 saturated carbocycles. The van der Waals surface area contributed by atoms with E-state index in [1.807, 2.05) is 36.4 Å². The van der Waals surface area contributed by atoms with Gasteiger partial charge in [-0.2, -0.15) is 4.57 Å². The number of thiazole rings is 1. The van der Waals surface area contributed by atoms with Crippen molar-refractivity contribution < 1.29 is 77.4 Å². The Labute approximate surface area is 237 Å². The maximum Gasteiger partial charge on any atom is 1.00 e. The van der Waals surface area contributed by atoms with Crippen molar-refractivity contribution in [1.82, 2.24) is 0 Å². The number of rotatable bonds is 2. The summed E-state index contributed by atoms with van der Waals surface area (Å²) in [6.07, 6.45) is 1.75. The normalized spacial score (nSPS) is 9.27. The van der Waals surface area contributed by atoms with Crippen LogP contribution in [0.25, 0.3) is 31.7 Å². The third-order valence-corrected chi connectivity index (χ3v) is 5.99. The maximum absolute atomic E-state index is 11.1. The Morgan fingerprint density at radius 1 is 0.879 bits per heavy atom. The zero-order chi connectivity index (χ0) is 20.2. The molecule has 0 bridgehead atoms. The van der Waals surface area contributed by atoms with E-state index in [4.69, 9.17) is 4.74 Å². The molecule has 0 spiro atoms. The van der Waals surface area contributed by atoms with Crippen molar-refractivity contribution in [3.63, 3.8) is 0 Å². The summed E-state index contributed by atoms with van der Waals surface area (Å²) >= 11 is 1.79. The molecule has 0 aliphatic rings. The molecule has 33 heavy (non-hydrogen) atoms. The van der Waals surface area contributed by atoms with Crippen LogP contribution in [0.2, 0.25) is 0 Å². The van der Waals surface area contributed by atoms with Crippen LogP contribution in [-0.2, 0) is 7.05 Å². The number of nitrogens with one attached hydrogen (secondary N) is 1. The Bertz CT molecular complexity index is 1300. The molecule has 4 nitrogen and oxygen atoms in total. The van der Waals surface area contributed by atoms with Crippen molar-refractivity contribution in [2.75, 3.05) is 7.11 Å². The number of benzene rings is 3. The smallest absolute Gasteiger partial charge is 1.00 e. The summed E-state index contributed by atoms with van der Waals surface area (Å²) in [5, 5.41) is 13.3. The van der Waals surface area contributed by atoms with Crippen LogP contribution in [0.15, 0.2) is 85.1 Å². The first-order valence-electron chi connectivity index (χ1n) is 9.26. The van der Waals surface area contributed by atoms with E-state index in [9.17, 15) is 5.11 Å². The van der Waals surface area contributed by atoms with Gasteiger partial charge in [-0.15, -0.1) is 0 Å². The third kappa shape index (κ3) is 6.93. The number of pyridine rings is 1. The monoisotopic (exact) mass is 438 g/mol. The molecule has 0 saturated heterocycles. The molecule has 0 aliphatic carbocycles. The zero-order valence-corrected chi connectivity index (χ0v) is 21.1. The van der Waals surface area contributed by atoms with Gasteiger partial charge in [0.1, 0.15) is 17.5 Å². The molecule has 3 aromatic carbocycles. The number of aromatic nitrogens is 2. The van der Waals surface area contributed by atoms with E-state index in [1.165, 1.54) is 15.2 Å². The van der Waals surface area contributed by atoms with Crippen molar-refractivity contribution >= 4 is 32.5 Å².